The number of benzene rings is 1. The highest BCUT2D eigenvalue weighted by Crippen LogP contribution is 2.31. The van der Waals surface area contributed by atoms with E-state index in [9.17, 15) is 19.2 Å². The van der Waals surface area contributed by atoms with Crippen LogP contribution in [-0.2, 0) is 4.79 Å². The summed E-state index contributed by atoms with van der Waals surface area (Å²) in [6.07, 6.45) is 8.53. The van der Waals surface area contributed by atoms with Crippen molar-refractivity contribution in [1.29, 1.82) is 0 Å². The molecule has 178 valence electrons. The van der Waals surface area contributed by atoms with E-state index in [4.69, 9.17) is 5.11 Å². The summed E-state index contributed by atoms with van der Waals surface area (Å²) in [5.74, 6) is -1.29. The number of amides is 1. The van der Waals surface area contributed by atoms with Crippen molar-refractivity contribution < 1.29 is 14.7 Å². The van der Waals surface area contributed by atoms with Crippen LogP contribution in [0.1, 0.15) is 54.9 Å². The molecule has 1 saturated carbocycles. The first kappa shape index (κ1) is 23.7. The largest absolute Gasteiger partial charge is 0.478 e. The van der Waals surface area contributed by atoms with Crippen LogP contribution in [0.25, 0.3) is 10.9 Å². The third-order valence-electron chi connectivity index (χ3n) is 6.29. The number of aromatic nitrogens is 3. The summed E-state index contributed by atoms with van der Waals surface area (Å²) in [4.78, 5) is 58.5. The number of carbonyl (C=O) groups is 2. The van der Waals surface area contributed by atoms with Crippen molar-refractivity contribution in [1.82, 2.24) is 14.5 Å². The Morgan fingerprint density at radius 3 is 2.62 bits per heavy atom. The molecule has 3 N–H and O–H groups in total. The molecule has 1 atom stereocenters. The second-order valence-electron chi connectivity index (χ2n) is 8.50. The normalized spacial score (nSPS) is 15.2. The zero-order valence-corrected chi connectivity index (χ0v) is 19.6. The van der Waals surface area contributed by atoms with Gasteiger partial charge in [-0.15, -0.1) is 11.8 Å². The zero-order valence-electron chi connectivity index (χ0n) is 18.7. The van der Waals surface area contributed by atoms with Crippen molar-refractivity contribution in [2.75, 3.05) is 11.6 Å². The maximum absolute atomic E-state index is 13.4. The highest BCUT2D eigenvalue weighted by atomic mass is 32.2. The number of carboxylic acid groups (broad SMARTS) is 1. The van der Waals surface area contributed by atoms with Gasteiger partial charge in [-0.25, -0.2) is 19.1 Å². The molecule has 10 heteroatoms. The average molecular weight is 483 g/mol. The Morgan fingerprint density at radius 2 is 1.97 bits per heavy atom. The van der Waals surface area contributed by atoms with Crippen LogP contribution in [0.2, 0.25) is 0 Å². The van der Waals surface area contributed by atoms with Crippen molar-refractivity contribution in [2.24, 2.45) is 5.92 Å². The molecule has 1 unspecified atom stereocenters. The highest BCUT2D eigenvalue weighted by Gasteiger charge is 2.29. The van der Waals surface area contributed by atoms with Gasteiger partial charge in [0.25, 0.3) is 5.56 Å². The minimum atomic E-state index is -1.13. The Kier molecular flexibility index (Phi) is 7.16. The first-order chi connectivity index (χ1) is 16.4. The van der Waals surface area contributed by atoms with Crippen LogP contribution < -0.4 is 16.6 Å². The fraction of sp³-hybridized carbons (Fsp3) is 0.375. The van der Waals surface area contributed by atoms with E-state index in [1.165, 1.54) is 23.9 Å². The number of carbonyl (C=O) groups excluding carboxylic acids is 1. The average Bonchev–Trinajstić information content (AvgIpc) is 2.84. The molecule has 0 radical (unpaired) electrons. The standard InChI is InChI=1S/C24H26N4O5S/c1-34-16-8-9-17-18(12-16)26-24(33)28(22(17)30)19(11-14-5-3-2-4-6-14)21(29)27-20-10-7-15(13-25-20)23(31)32/h7-10,12-14,19H,2-6,11H2,1H3,(H,26,33)(H,31,32)(H,25,27,29). The lowest BCUT2D eigenvalue weighted by molar-refractivity contribution is -0.120. The number of aromatic carboxylic acids is 1. The molecule has 3 aromatic rings. The number of fused-ring (bicyclic) bond motifs is 1. The maximum Gasteiger partial charge on any atom is 0.337 e. The molecule has 0 bridgehead atoms. The molecule has 0 saturated heterocycles. The molecule has 1 aliphatic rings. The first-order valence-corrected chi connectivity index (χ1v) is 12.4. The third-order valence-corrected chi connectivity index (χ3v) is 7.02. The lowest BCUT2D eigenvalue weighted by atomic mass is 9.84. The van der Waals surface area contributed by atoms with Crippen LogP contribution in [0.15, 0.2) is 51.0 Å². The van der Waals surface area contributed by atoms with E-state index in [1.807, 2.05) is 6.26 Å². The lowest BCUT2D eigenvalue weighted by Gasteiger charge is -2.26. The van der Waals surface area contributed by atoms with E-state index in [0.717, 1.165) is 47.8 Å². The van der Waals surface area contributed by atoms with Gasteiger partial charge in [0.2, 0.25) is 5.91 Å². The summed E-state index contributed by atoms with van der Waals surface area (Å²) in [7, 11) is 0. The second-order valence-corrected chi connectivity index (χ2v) is 9.38. The van der Waals surface area contributed by atoms with Crippen LogP contribution in [0, 0.1) is 5.92 Å². The van der Waals surface area contributed by atoms with Crippen LogP contribution in [0.4, 0.5) is 5.82 Å². The van der Waals surface area contributed by atoms with Gasteiger partial charge >= 0.3 is 11.7 Å². The number of hydrogen-bond donors (Lipinski definition) is 3. The predicted molar refractivity (Wildman–Crippen MR) is 131 cm³/mol. The summed E-state index contributed by atoms with van der Waals surface area (Å²) in [5.41, 5.74) is -0.734. The van der Waals surface area contributed by atoms with Crippen LogP contribution in [0.5, 0.6) is 0 Å². The molecular formula is C24H26N4O5S. The van der Waals surface area contributed by atoms with E-state index in [-0.39, 0.29) is 17.3 Å². The van der Waals surface area contributed by atoms with E-state index in [0.29, 0.717) is 17.3 Å². The SMILES string of the molecule is CSc1ccc2c(=O)n(C(CC3CCCCC3)C(=O)Nc3ccc(C(=O)O)cn3)c(=O)[nH]c2c1. The zero-order chi connectivity index (χ0) is 24.2. The molecule has 1 aromatic carbocycles. The van der Waals surface area contributed by atoms with Crippen molar-refractivity contribution >= 4 is 40.4 Å². The molecule has 1 amide bonds. The maximum atomic E-state index is 13.4. The predicted octanol–water partition coefficient (Wildman–Crippen LogP) is 3.66. The van der Waals surface area contributed by atoms with E-state index in [2.05, 4.69) is 15.3 Å². The summed E-state index contributed by atoms with van der Waals surface area (Å²) in [5, 5.41) is 12.0. The number of rotatable bonds is 7. The number of nitrogens with zero attached hydrogens (tertiary/aromatic N) is 2. The van der Waals surface area contributed by atoms with Crippen LogP contribution in [0.3, 0.4) is 0 Å². The Hall–Kier alpha value is -3.40. The van der Waals surface area contributed by atoms with Crippen molar-refractivity contribution in [3.8, 4) is 0 Å². The molecule has 0 aliphatic heterocycles. The Bertz CT molecular complexity index is 1330. The monoisotopic (exact) mass is 482 g/mol. The van der Waals surface area contributed by atoms with Gasteiger partial charge in [0.05, 0.1) is 16.5 Å². The molecule has 1 fully saturated rings. The number of nitrogens with one attached hydrogen (secondary N) is 2. The van der Waals surface area contributed by atoms with E-state index < -0.39 is 29.2 Å². The molecule has 4 rings (SSSR count). The quantitative estimate of drug-likeness (QED) is 0.438. The van der Waals surface area contributed by atoms with Crippen molar-refractivity contribution in [3.63, 3.8) is 0 Å². The minimum absolute atomic E-state index is 0.0106. The van der Waals surface area contributed by atoms with Gasteiger partial charge in [-0.2, -0.15) is 0 Å². The number of anilines is 1. The number of hydrogen-bond acceptors (Lipinski definition) is 6. The summed E-state index contributed by atoms with van der Waals surface area (Å²) >= 11 is 1.50. The Balaban J connectivity index is 1.72. The van der Waals surface area contributed by atoms with Gasteiger partial charge in [0, 0.05) is 11.1 Å². The smallest absolute Gasteiger partial charge is 0.337 e. The van der Waals surface area contributed by atoms with Gasteiger partial charge in [0.1, 0.15) is 11.9 Å². The fourth-order valence-electron chi connectivity index (χ4n) is 4.49. The fourth-order valence-corrected chi connectivity index (χ4v) is 4.93. The summed E-state index contributed by atoms with van der Waals surface area (Å²) < 4.78 is 1.01. The molecule has 2 heterocycles. The van der Waals surface area contributed by atoms with E-state index in [1.54, 1.807) is 18.2 Å². The Labute approximate surface area is 199 Å². The van der Waals surface area contributed by atoms with Gasteiger partial charge < -0.3 is 15.4 Å². The molecule has 1 aliphatic carbocycles. The van der Waals surface area contributed by atoms with Crippen LogP contribution >= 0.6 is 11.8 Å². The summed E-state index contributed by atoms with van der Waals surface area (Å²) in [6, 6.07) is 6.91. The molecule has 9 nitrogen and oxygen atoms in total. The minimum Gasteiger partial charge on any atom is -0.478 e. The van der Waals surface area contributed by atoms with Gasteiger partial charge in [-0.1, -0.05) is 32.1 Å². The molecule has 0 spiro atoms. The molecule has 2 aromatic heterocycles. The summed E-state index contributed by atoms with van der Waals surface area (Å²) in [6.45, 7) is 0. The highest BCUT2D eigenvalue weighted by molar-refractivity contribution is 7.98. The molecule has 34 heavy (non-hydrogen) atoms. The molecular weight excluding hydrogens is 456 g/mol. The number of carboxylic acids is 1. The third kappa shape index (κ3) is 5.06. The van der Waals surface area contributed by atoms with Gasteiger partial charge in [-0.05, 0) is 48.9 Å². The van der Waals surface area contributed by atoms with Gasteiger partial charge in [-0.3, -0.25) is 9.59 Å². The van der Waals surface area contributed by atoms with Crippen molar-refractivity contribution in [3.05, 3.63) is 62.9 Å². The van der Waals surface area contributed by atoms with Gasteiger partial charge in [0.15, 0.2) is 0 Å². The number of aromatic amines is 1. The van der Waals surface area contributed by atoms with Crippen LogP contribution in [-0.4, -0.2) is 37.8 Å². The lowest BCUT2D eigenvalue weighted by Crippen LogP contribution is -2.43. The topological polar surface area (TPSA) is 134 Å². The number of thioether (sulfide) groups is 1. The van der Waals surface area contributed by atoms with E-state index >= 15 is 0 Å². The first-order valence-electron chi connectivity index (χ1n) is 11.2. The number of H-pyrrole nitrogens is 1. The Morgan fingerprint density at radius 1 is 1.21 bits per heavy atom. The second kappa shape index (κ2) is 10.3. The number of pyridine rings is 1. The van der Waals surface area contributed by atoms with Crippen molar-refractivity contribution in [2.45, 2.75) is 49.5 Å².